The molecule has 4 nitrogen and oxygen atoms in total. The molecule has 0 aliphatic heterocycles. The van der Waals surface area contributed by atoms with E-state index in [4.69, 9.17) is 9.29 Å². The first-order chi connectivity index (χ1) is 15.9. The lowest BCUT2D eigenvalue weighted by atomic mass is 9.96. The standard InChI is InChI=1S/C28H50O4S/c1-4-6-8-10-12-14-16-18-26-20-21-28(32-23-22-25(3)33(29,30)31)24-27(26)19-17-15-13-11-9-7-5-2/h20-21,24-25H,4-19,22-23H2,1-3H3,(H,29,30,31). The average molecular weight is 483 g/mol. The van der Waals surface area contributed by atoms with E-state index in [-0.39, 0.29) is 13.0 Å². The predicted octanol–water partition coefficient (Wildman–Crippen LogP) is 8.32. The third kappa shape index (κ3) is 14.7. The summed E-state index contributed by atoms with van der Waals surface area (Å²) >= 11 is 0. The largest absolute Gasteiger partial charge is 0.494 e. The molecule has 1 atom stereocenters. The molecule has 1 aromatic carbocycles. The first-order valence-electron chi connectivity index (χ1n) is 13.6. The van der Waals surface area contributed by atoms with E-state index in [0.29, 0.717) is 0 Å². The molecule has 1 unspecified atom stereocenters. The quantitative estimate of drug-likeness (QED) is 0.141. The molecule has 0 fully saturated rings. The summed E-state index contributed by atoms with van der Waals surface area (Å²) in [7, 11) is -4.00. The molecule has 0 saturated carbocycles. The Hall–Kier alpha value is -1.07. The number of rotatable bonds is 21. The van der Waals surface area contributed by atoms with Crippen LogP contribution >= 0.6 is 0 Å². The van der Waals surface area contributed by atoms with Gasteiger partial charge in [-0.3, -0.25) is 4.55 Å². The van der Waals surface area contributed by atoms with Gasteiger partial charge in [0, 0.05) is 6.42 Å². The third-order valence-electron chi connectivity index (χ3n) is 6.58. The molecular weight excluding hydrogens is 432 g/mol. The van der Waals surface area contributed by atoms with E-state index in [1.54, 1.807) is 0 Å². The van der Waals surface area contributed by atoms with E-state index in [1.807, 2.05) is 6.07 Å². The van der Waals surface area contributed by atoms with E-state index < -0.39 is 15.4 Å². The molecule has 192 valence electrons. The molecule has 33 heavy (non-hydrogen) atoms. The summed E-state index contributed by atoms with van der Waals surface area (Å²) in [6, 6.07) is 6.38. The van der Waals surface area contributed by atoms with Crippen LogP contribution in [0.2, 0.25) is 0 Å². The fourth-order valence-electron chi connectivity index (χ4n) is 4.21. The third-order valence-corrected chi connectivity index (χ3v) is 7.83. The summed E-state index contributed by atoms with van der Waals surface area (Å²) < 4.78 is 37.4. The SMILES string of the molecule is CCCCCCCCCc1ccc(OCCC(C)S(=O)(=O)O)cc1CCCCCCCCC. The second-order valence-corrected chi connectivity index (χ2v) is 11.5. The van der Waals surface area contributed by atoms with Crippen LogP contribution < -0.4 is 4.74 Å². The zero-order chi connectivity index (χ0) is 24.4. The Bertz CT molecular complexity index is 715. The molecule has 0 bridgehead atoms. The van der Waals surface area contributed by atoms with Crippen molar-refractivity contribution in [2.45, 2.75) is 135 Å². The normalized spacial score (nSPS) is 12.7. The zero-order valence-electron chi connectivity index (χ0n) is 21.6. The summed E-state index contributed by atoms with van der Waals surface area (Å²) in [5.41, 5.74) is 2.82. The molecule has 0 amide bonds. The number of hydrogen-bond acceptors (Lipinski definition) is 3. The van der Waals surface area contributed by atoms with Crippen molar-refractivity contribution in [1.82, 2.24) is 0 Å². The van der Waals surface area contributed by atoms with Crippen LogP contribution in [0.5, 0.6) is 5.75 Å². The number of unbranched alkanes of at least 4 members (excludes halogenated alkanes) is 12. The molecular formula is C28H50O4S. The van der Waals surface area contributed by atoms with E-state index in [9.17, 15) is 8.42 Å². The Balaban J connectivity index is 2.57. The molecule has 0 aliphatic carbocycles. The van der Waals surface area contributed by atoms with Gasteiger partial charge in [0.1, 0.15) is 5.75 Å². The van der Waals surface area contributed by atoms with E-state index in [0.717, 1.165) is 18.6 Å². The minimum atomic E-state index is -4.00. The van der Waals surface area contributed by atoms with Gasteiger partial charge < -0.3 is 4.74 Å². The second kappa shape index (κ2) is 18.3. The molecule has 1 rings (SSSR count). The monoisotopic (exact) mass is 482 g/mol. The summed E-state index contributed by atoms with van der Waals surface area (Å²) in [6.45, 7) is 6.31. The van der Waals surface area contributed by atoms with Gasteiger partial charge in [-0.05, 0) is 55.9 Å². The highest BCUT2D eigenvalue weighted by atomic mass is 32.2. The Kier molecular flexibility index (Phi) is 16.6. The molecule has 0 spiro atoms. The van der Waals surface area contributed by atoms with Gasteiger partial charge in [-0.2, -0.15) is 8.42 Å². The molecule has 0 saturated heterocycles. The Morgan fingerprint density at radius 1 is 0.758 bits per heavy atom. The maximum absolute atomic E-state index is 11.2. The molecule has 0 radical (unpaired) electrons. The summed E-state index contributed by atoms with van der Waals surface area (Å²) in [6.07, 6.45) is 20.9. The summed E-state index contributed by atoms with van der Waals surface area (Å²) in [4.78, 5) is 0. The lowest BCUT2D eigenvalue weighted by Crippen LogP contribution is -2.19. The fourth-order valence-corrected chi connectivity index (χ4v) is 4.60. The Morgan fingerprint density at radius 2 is 1.24 bits per heavy atom. The maximum atomic E-state index is 11.2. The van der Waals surface area contributed by atoms with Crippen LogP contribution in [-0.4, -0.2) is 24.8 Å². The van der Waals surface area contributed by atoms with Gasteiger partial charge in [0.15, 0.2) is 0 Å². The van der Waals surface area contributed by atoms with E-state index in [2.05, 4.69) is 26.0 Å². The van der Waals surface area contributed by atoms with Crippen LogP contribution in [0.25, 0.3) is 0 Å². The minimum Gasteiger partial charge on any atom is -0.494 e. The predicted molar refractivity (Wildman–Crippen MR) is 141 cm³/mol. The van der Waals surface area contributed by atoms with Crippen LogP contribution in [-0.2, 0) is 23.0 Å². The van der Waals surface area contributed by atoms with Crippen LogP contribution in [0.1, 0.15) is 128 Å². The van der Waals surface area contributed by atoms with Crippen LogP contribution in [0, 0.1) is 0 Å². The van der Waals surface area contributed by atoms with Gasteiger partial charge in [0.25, 0.3) is 10.1 Å². The lowest BCUT2D eigenvalue weighted by Gasteiger charge is -2.14. The van der Waals surface area contributed by atoms with Crippen molar-refractivity contribution in [1.29, 1.82) is 0 Å². The number of hydrogen-bond donors (Lipinski definition) is 1. The van der Waals surface area contributed by atoms with Crippen molar-refractivity contribution in [3.05, 3.63) is 29.3 Å². The van der Waals surface area contributed by atoms with Crippen molar-refractivity contribution in [3.8, 4) is 5.75 Å². The zero-order valence-corrected chi connectivity index (χ0v) is 22.4. The van der Waals surface area contributed by atoms with Gasteiger partial charge in [-0.1, -0.05) is 97.0 Å². The summed E-state index contributed by atoms with van der Waals surface area (Å²) in [5, 5.41) is -0.804. The van der Waals surface area contributed by atoms with Crippen molar-refractivity contribution in [3.63, 3.8) is 0 Å². The van der Waals surface area contributed by atoms with Crippen molar-refractivity contribution in [2.75, 3.05) is 6.61 Å². The van der Waals surface area contributed by atoms with Gasteiger partial charge in [0.2, 0.25) is 0 Å². The highest BCUT2D eigenvalue weighted by molar-refractivity contribution is 7.86. The number of ether oxygens (including phenoxy) is 1. The minimum absolute atomic E-state index is 0.283. The molecule has 0 aromatic heterocycles. The molecule has 0 aliphatic rings. The number of aryl methyl sites for hydroxylation is 2. The molecule has 1 N–H and O–H groups in total. The first kappa shape index (κ1) is 30.0. The molecule has 1 aromatic rings. The van der Waals surface area contributed by atoms with Crippen molar-refractivity contribution in [2.24, 2.45) is 0 Å². The van der Waals surface area contributed by atoms with Crippen molar-refractivity contribution >= 4 is 10.1 Å². The maximum Gasteiger partial charge on any atom is 0.267 e. The topological polar surface area (TPSA) is 63.6 Å². The lowest BCUT2D eigenvalue weighted by molar-refractivity contribution is 0.306. The smallest absolute Gasteiger partial charge is 0.267 e. The number of benzene rings is 1. The highest BCUT2D eigenvalue weighted by Crippen LogP contribution is 2.23. The van der Waals surface area contributed by atoms with Gasteiger partial charge >= 0.3 is 0 Å². The second-order valence-electron chi connectivity index (χ2n) is 9.64. The Morgan fingerprint density at radius 3 is 1.76 bits per heavy atom. The van der Waals surface area contributed by atoms with E-state index >= 15 is 0 Å². The van der Waals surface area contributed by atoms with Gasteiger partial charge in [-0.25, -0.2) is 0 Å². The van der Waals surface area contributed by atoms with Gasteiger partial charge in [0.05, 0.1) is 11.9 Å². The van der Waals surface area contributed by atoms with Crippen LogP contribution in [0.4, 0.5) is 0 Å². The molecule has 5 heteroatoms. The highest BCUT2D eigenvalue weighted by Gasteiger charge is 2.17. The fraction of sp³-hybridized carbons (Fsp3) is 0.786. The van der Waals surface area contributed by atoms with Gasteiger partial charge in [-0.15, -0.1) is 0 Å². The van der Waals surface area contributed by atoms with Crippen LogP contribution in [0.3, 0.4) is 0 Å². The average Bonchev–Trinajstić information content (AvgIpc) is 2.78. The first-order valence-corrected chi connectivity index (χ1v) is 15.1. The Labute approximate surface area is 204 Å². The van der Waals surface area contributed by atoms with E-state index in [1.165, 1.54) is 108 Å². The molecule has 0 heterocycles. The van der Waals surface area contributed by atoms with Crippen LogP contribution in [0.15, 0.2) is 18.2 Å². The van der Waals surface area contributed by atoms with Crippen molar-refractivity contribution < 1.29 is 17.7 Å². The summed E-state index contributed by atoms with van der Waals surface area (Å²) in [5.74, 6) is 0.804.